The molecule has 98 valence electrons. The first-order valence-corrected chi connectivity index (χ1v) is 5.93. The Morgan fingerprint density at radius 3 is 2.79 bits per heavy atom. The molecule has 0 saturated carbocycles. The minimum absolute atomic E-state index is 0.289. The number of aromatic carboxylic acids is 1. The van der Waals surface area contributed by atoms with Crippen molar-refractivity contribution in [3.05, 3.63) is 52.8 Å². The summed E-state index contributed by atoms with van der Waals surface area (Å²) in [6.07, 6.45) is 0.582. The highest BCUT2D eigenvalue weighted by atomic mass is 16.4. The molecule has 1 aromatic carbocycles. The molecule has 2 rings (SSSR count). The van der Waals surface area contributed by atoms with Crippen LogP contribution in [0.2, 0.25) is 0 Å². The lowest BCUT2D eigenvalue weighted by Crippen LogP contribution is -2.03. The molecule has 19 heavy (non-hydrogen) atoms. The van der Waals surface area contributed by atoms with Crippen molar-refractivity contribution in [2.24, 2.45) is 0 Å². The molecule has 0 aliphatic heterocycles. The SMILES string of the molecule is CNc1nc(C)cc(Cc2cccc(C(=O)O)c2)n1. The van der Waals surface area contributed by atoms with E-state index in [1.807, 2.05) is 19.1 Å². The molecule has 0 radical (unpaired) electrons. The Labute approximate surface area is 111 Å². The Hall–Kier alpha value is -2.43. The molecule has 5 nitrogen and oxygen atoms in total. The summed E-state index contributed by atoms with van der Waals surface area (Å²) in [5, 5.41) is 11.9. The van der Waals surface area contributed by atoms with Crippen molar-refractivity contribution in [2.45, 2.75) is 13.3 Å². The van der Waals surface area contributed by atoms with Crippen LogP contribution in [-0.4, -0.2) is 28.1 Å². The van der Waals surface area contributed by atoms with Gasteiger partial charge in [-0.05, 0) is 30.7 Å². The average molecular weight is 257 g/mol. The lowest BCUT2D eigenvalue weighted by atomic mass is 10.1. The number of aromatic nitrogens is 2. The summed E-state index contributed by atoms with van der Waals surface area (Å²) in [5.41, 5.74) is 2.94. The quantitative estimate of drug-likeness (QED) is 0.877. The highest BCUT2D eigenvalue weighted by Gasteiger charge is 2.06. The van der Waals surface area contributed by atoms with Gasteiger partial charge in [0.2, 0.25) is 5.95 Å². The summed E-state index contributed by atoms with van der Waals surface area (Å²) in [6.45, 7) is 1.90. The maximum absolute atomic E-state index is 10.9. The fourth-order valence-electron chi connectivity index (χ4n) is 1.86. The normalized spacial score (nSPS) is 10.2. The van der Waals surface area contributed by atoms with Crippen molar-refractivity contribution in [2.75, 3.05) is 12.4 Å². The lowest BCUT2D eigenvalue weighted by Gasteiger charge is -2.06. The second-order valence-corrected chi connectivity index (χ2v) is 4.26. The summed E-state index contributed by atoms with van der Waals surface area (Å²) >= 11 is 0. The fourth-order valence-corrected chi connectivity index (χ4v) is 1.86. The molecular formula is C14H15N3O2. The Morgan fingerprint density at radius 1 is 1.32 bits per heavy atom. The van der Waals surface area contributed by atoms with Gasteiger partial charge in [-0.15, -0.1) is 0 Å². The Bertz CT molecular complexity index is 611. The maximum Gasteiger partial charge on any atom is 0.335 e. The second kappa shape index (κ2) is 5.48. The number of nitrogens with zero attached hydrogens (tertiary/aromatic N) is 2. The number of hydrogen-bond acceptors (Lipinski definition) is 4. The summed E-state index contributed by atoms with van der Waals surface area (Å²) in [4.78, 5) is 19.5. The van der Waals surface area contributed by atoms with Crippen LogP contribution in [0.5, 0.6) is 0 Å². The monoisotopic (exact) mass is 257 g/mol. The first-order chi connectivity index (χ1) is 9.08. The molecule has 2 aromatic rings. The molecule has 0 saturated heterocycles. The predicted octanol–water partition coefficient (Wildman–Crippen LogP) is 2.12. The van der Waals surface area contributed by atoms with Gasteiger partial charge >= 0.3 is 5.97 Å². The smallest absolute Gasteiger partial charge is 0.335 e. The van der Waals surface area contributed by atoms with E-state index >= 15 is 0 Å². The van der Waals surface area contributed by atoms with Gasteiger partial charge in [-0.25, -0.2) is 14.8 Å². The van der Waals surface area contributed by atoms with Gasteiger partial charge in [-0.1, -0.05) is 12.1 Å². The van der Waals surface area contributed by atoms with Gasteiger partial charge in [0.1, 0.15) is 0 Å². The van der Waals surface area contributed by atoms with E-state index in [4.69, 9.17) is 5.11 Å². The van der Waals surface area contributed by atoms with Gasteiger partial charge in [0.25, 0.3) is 0 Å². The zero-order valence-corrected chi connectivity index (χ0v) is 10.8. The Kier molecular flexibility index (Phi) is 3.75. The molecule has 0 spiro atoms. The maximum atomic E-state index is 10.9. The molecule has 0 bridgehead atoms. The van der Waals surface area contributed by atoms with Gasteiger partial charge in [0, 0.05) is 19.2 Å². The van der Waals surface area contributed by atoms with Crippen LogP contribution in [0, 0.1) is 6.92 Å². The highest BCUT2D eigenvalue weighted by Crippen LogP contribution is 2.12. The van der Waals surface area contributed by atoms with Crippen molar-refractivity contribution in [3.8, 4) is 0 Å². The summed E-state index contributed by atoms with van der Waals surface area (Å²) < 4.78 is 0. The van der Waals surface area contributed by atoms with E-state index in [1.54, 1.807) is 25.2 Å². The minimum Gasteiger partial charge on any atom is -0.478 e. The largest absolute Gasteiger partial charge is 0.478 e. The number of nitrogens with one attached hydrogen (secondary N) is 1. The fraction of sp³-hybridized carbons (Fsp3) is 0.214. The Balaban J connectivity index is 2.28. The van der Waals surface area contributed by atoms with Crippen molar-refractivity contribution < 1.29 is 9.90 Å². The average Bonchev–Trinajstić information content (AvgIpc) is 2.38. The number of carboxylic acids is 1. The molecule has 0 aliphatic rings. The highest BCUT2D eigenvalue weighted by molar-refractivity contribution is 5.87. The van der Waals surface area contributed by atoms with Crippen molar-refractivity contribution in [3.63, 3.8) is 0 Å². The number of hydrogen-bond donors (Lipinski definition) is 2. The van der Waals surface area contributed by atoms with Gasteiger partial charge in [-0.3, -0.25) is 0 Å². The van der Waals surface area contributed by atoms with Gasteiger partial charge in [-0.2, -0.15) is 0 Å². The molecule has 0 fully saturated rings. The summed E-state index contributed by atoms with van der Waals surface area (Å²) in [7, 11) is 1.77. The third-order valence-electron chi connectivity index (χ3n) is 2.69. The second-order valence-electron chi connectivity index (χ2n) is 4.26. The minimum atomic E-state index is -0.920. The van der Waals surface area contributed by atoms with Crippen LogP contribution in [0.1, 0.15) is 27.3 Å². The summed E-state index contributed by atoms with van der Waals surface area (Å²) in [5.74, 6) is -0.346. The zero-order chi connectivity index (χ0) is 13.8. The topological polar surface area (TPSA) is 75.1 Å². The lowest BCUT2D eigenvalue weighted by molar-refractivity contribution is 0.0697. The van der Waals surface area contributed by atoms with Crippen LogP contribution in [0.4, 0.5) is 5.95 Å². The van der Waals surface area contributed by atoms with Crippen molar-refractivity contribution >= 4 is 11.9 Å². The van der Waals surface area contributed by atoms with E-state index in [9.17, 15) is 4.79 Å². The molecule has 1 aromatic heterocycles. The first kappa shape index (κ1) is 13.0. The Morgan fingerprint density at radius 2 is 2.11 bits per heavy atom. The molecule has 0 aliphatic carbocycles. The van der Waals surface area contributed by atoms with Crippen LogP contribution < -0.4 is 5.32 Å². The zero-order valence-electron chi connectivity index (χ0n) is 10.8. The molecule has 0 atom stereocenters. The number of carboxylic acid groups (broad SMARTS) is 1. The first-order valence-electron chi connectivity index (χ1n) is 5.93. The third-order valence-corrected chi connectivity index (χ3v) is 2.69. The standard InChI is InChI=1S/C14H15N3O2/c1-9-6-12(17-14(15-2)16-9)8-10-4-3-5-11(7-10)13(18)19/h3-7H,8H2,1-2H3,(H,18,19)(H,15,16,17). The molecule has 2 N–H and O–H groups in total. The van der Waals surface area contributed by atoms with Gasteiger partial charge in [0.05, 0.1) is 11.3 Å². The van der Waals surface area contributed by atoms with Crippen LogP contribution in [-0.2, 0) is 6.42 Å². The molecule has 0 unspecified atom stereocenters. The van der Waals surface area contributed by atoms with E-state index in [0.717, 1.165) is 17.0 Å². The molecule has 5 heteroatoms. The molecule has 0 amide bonds. The van der Waals surface area contributed by atoms with E-state index in [0.29, 0.717) is 12.4 Å². The van der Waals surface area contributed by atoms with Crippen LogP contribution in [0.25, 0.3) is 0 Å². The number of rotatable bonds is 4. The molecular weight excluding hydrogens is 242 g/mol. The number of aryl methyl sites for hydroxylation is 1. The van der Waals surface area contributed by atoms with E-state index < -0.39 is 5.97 Å². The van der Waals surface area contributed by atoms with E-state index in [2.05, 4.69) is 15.3 Å². The number of benzene rings is 1. The number of anilines is 1. The van der Waals surface area contributed by atoms with Crippen LogP contribution >= 0.6 is 0 Å². The van der Waals surface area contributed by atoms with Gasteiger partial charge in [0.15, 0.2) is 0 Å². The van der Waals surface area contributed by atoms with Crippen molar-refractivity contribution in [1.82, 2.24) is 9.97 Å². The van der Waals surface area contributed by atoms with Gasteiger partial charge < -0.3 is 10.4 Å². The predicted molar refractivity (Wildman–Crippen MR) is 72.5 cm³/mol. The third kappa shape index (κ3) is 3.28. The van der Waals surface area contributed by atoms with Crippen molar-refractivity contribution in [1.29, 1.82) is 0 Å². The van der Waals surface area contributed by atoms with Crippen LogP contribution in [0.15, 0.2) is 30.3 Å². The molecule has 1 heterocycles. The van der Waals surface area contributed by atoms with Crippen LogP contribution in [0.3, 0.4) is 0 Å². The van der Waals surface area contributed by atoms with E-state index in [1.165, 1.54) is 0 Å². The van der Waals surface area contributed by atoms with E-state index in [-0.39, 0.29) is 5.56 Å². The summed E-state index contributed by atoms with van der Waals surface area (Å²) in [6, 6.07) is 8.78. The number of carbonyl (C=O) groups is 1.